The van der Waals surface area contributed by atoms with Crippen molar-refractivity contribution in [3.63, 3.8) is 0 Å². The Bertz CT molecular complexity index is 403. The predicted octanol–water partition coefficient (Wildman–Crippen LogP) is 4.20. The second kappa shape index (κ2) is 6.00. The van der Waals surface area contributed by atoms with Gasteiger partial charge in [0.2, 0.25) is 0 Å². The molecule has 0 bridgehead atoms. The van der Waals surface area contributed by atoms with Gasteiger partial charge in [-0.15, -0.1) is 0 Å². The molecule has 1 aromatic carbocycles. The van der Waals surface area contributed by atoms with E-state index < -0.39 is 17.2 Å². The van der Waals surface area contributed by atoms with E-state index in [4.69, 9.17) is 5.73 Å². The van der Waals surface area contributed by atoms with Gasteiger partial charge in [0, 0.05) is 11.1 Å². The summed E-state index contributed by atoms with van der Waals surface area (Å²) in [5.74, 6) is -0.201. The molecule has 1 fully saturated rings. The van der Waals surface area contributed by atoms with Gasteiger partial charge in [-0.1, -0.05) is 25.8 Å². The monoisotopic (exact) mass is 267 g/mol. The highest BCUT2D eigenvalue weighted by Gasteiger charge is 2.33. The Morgan fingerprint density at radius 2 is 1.79 bits per heavy atom. The molecule has 0 atom stereocenters. The molecule has 1 aliphatic rings. The van der Waals surface area contributed by atoms with Crippen LogP contribution in [0.5, 0.6) is 0 Å². The molecule has 1 aromatic rings. The minimum absolute atomic E-state index is 0.152. The number of halogens is 2. The molecule has 0 spiro atoms. The standard InChI is InChI=1S/C16H23F2N/c1-2-4-12-7-9-16(19,10-8-12)11-13-14(17)5-3-6-15(13)18/h3,5-6,12H,2,4,7-11,19H2,1H3. The van der Waals surface area contributed by atoms with E-state index in [0.717, 1.165) is 31.6 Å². The molecule has 3 heteroatoms. The van der Waals surface area contributed by atoms with Gasteiger partial charge in [0.05, 0.1) is 0 Å². The Morgan fingerprint density at radius 1 is 1.21 bits per heavy atom. The smallest absolute Gasteiger partial charge is 0.129 e. The lowest BCUT2D eigenvalue weighted by Gasteiger charge is -2.37. The first-order chi connectivity index (χ1) is 9.04. The maximum absolute atomic E-state index is 13.7. The molecule has 1 aliphatic carbocycles. The quantitative estimate of drug-likeness (QED) is 0.869. The summed E-state index contributed by atoms with van der Waals surface area (Å²) < 4.78 is 27.4. The molecule has 0 saturated heterocycles. The van der Waals surface area contributed by atoms with Crippen LogP contribution in [0.3, 0.4) is 0 Å². The first-order valence-electron chi connectivity index (χ1n) is 7.26. The molecular weight excluding hydrogens is 244 g/mol. The van der Waals surface area contributed by atoms with Crippen LogP contribution in [0.4, 0.5) is 8.78 Å². The summed E-state index contributed by atoms with van der Waals surface area (Å²) in [6.45, 7) is 2.19. The van der Waals surface area contributed by atoms with E-state index >= 15 is 0 Å². The fourth-order valence-corrected chi connectivity index (χ4v) is 3.18. The minimum Gasteiger partial charge on any atom is -0.325 e. The average Bonchev–Trinajstić information content (AvgIpc) is 2.38. The Labute approximate surface area is 114 Å². The molecule has 0 aromatic heterocycles. The molecule has 1 nitrogen and oxygen atoms in total. The van der Waals surface area contributed by atoms with Crippen molar-refractivity contribution in [2.75, 3.05) is 0 Å². The van der Waals surface area contributed by atoms with Crippen LogP contribution in [0.1, 0.15) is 51.0 Å². The van der Waals surface area contributed by atoms with E-state index in [-0.39, 0.29) is 5.56 Å². The zero-order valence-electron chi connectivity index (χ0n) is 11.6. The van der Waals surface area contributed by atoms with Gasteiger partial charge in [0.1, 0.15) is 11.6 Å². The lowest BCUT2D eigenvalue weighted by atomic mass is 9.73. The molecule has 2 rings (SSSR count). The summed E-state index contributed by atoms with van der Waals surface area (Å²) >= 11 is 0. The van der Waals surface area contributed by atoms with Crippen LogP contribution < -0.4 is 5.73 Å². The zero-order valence-corrected chi connectivity index (χ0v) is 11.6. The van der Waals surface area contributed by atoms with Crippen LogP contribution in [0.15, 0.2) is 18.2 Å². The van der Waals surface area contributed by atoms with Crippen LogP contribution >= 0.6 is 0 Å². The largest absolute Gasteiger partial charge is 0.325 e. The van der Waals surface area contributed by atoms with Crippen molar-refractivity contribution in [2.45, 2.75) is 57.4 Å². The Balaban J connectivity index is 2.03. The Kier molecular flexibility index (Phi) is 4.56. The second-order valence-corrected chi connectivity index (χ2v) is 5.97. The Hall–Kier alpha value is -0.960. The summed E-state index contributed by atoms with van der Waals surface area (Å²) in [6.07, 6.45) is 6.65. The molecule has 0 unspecified atom stereocenters. The summed E-state index contributed by atoms with van der Waals surface area (Å²) in [6, 6.07) is 4.02. The van der Waals surface area contributed by atoms with E-state index in [1.54, 1.807) is 0 Å². The van der Waals surface area contributed by atoms with Crippen molar-refractivity contribution in [3.05, 3.63) is 35.4 Å². The van der Waals surface area contributed by atoms with Crippen molar-refractivity contribution in [1.29, 1.82) is 0 Å². The van der Waals surface area contributed by atoms with Crippen molar-refractivity contribution in [1.82, 2.24) is 0 Å². The van der Waals surface area contributed by atoms with Gasteiger partial charge in [-0.05, 0) is 50.2 Å². The highest BCUT2D eigenvalue weighted by Crippen LogP contribution is 2.35. The summed E-state index contributed by atoms with van der Waals surface area (Å²) in [5.41, 5.74) is 6.07. The zero-order chi connectivity index (χ0) is 13.9. The van der Waals surface area contributed by atoms with Crippen LogP contribution in [0, 0.1) is 17.6 Å². The highest BCUT2D eigenvalue weighted by molar-refractivity contribution is 5.22. The van der Waals surface area contributed by atoms with Crippen LogP contribution in [0.2, 0.25) is 0 Å². The van der Waals surface area contributed by atoms with Gasteiger partial charge in [-0.3, -0.25) is 0 Å². The van der Waals surface area contributed by atoms with Gasteiger partial charge in [0.15, 0.2) is 0 Å². The molecule has 0 amide bonds. The fraction of sp³-hybridized carbons (Fsp3) is 0.625. The molecule has 0 radical (unpaired) electrons. The van der Waals surface area contributed by atoms with E-state index in [1.165, 1.54) is 31.0 Å². The van der Waals surface area contributed by atoms with Crippen molar-refractivity contribution in [2.24, 2.45) is 11.7 Å². The molecule has 106 valence electrons. The van der Waals surface area contributed by atoms with Crippen molar-refractivity contribution < 1.29 is 8.78 Å². The van der Waals surface area contributed by atoms with Crippen LogP contribution in [0.25, 0.3) is 0 Å². The minimum atomic E-state index is -0.472. The molecule has 19 heavy (non-hydrogen) atoms. The number of hydrogen-bond donors (Lipinski definition) is 1. The van der Waals surface area contributed by atoms with E-state index in [9.17, 15) is 8.78 Å². The third-order valence-electron chi connectivity index (χ3n) is 4.39. The maximum atomic E-state index is 13.7. The SMILES string of the molecule is CCCC1CCC(N)(Cc2c(F)cccc2F)CC1. The van der Waals surface area contributed by atoms with E-state index in [1.807, 2.05) is 0 Å². The van der Waals surface area contributed by atoms with Gasteiger partial charge in [-0.25, -0.2) is 8.78 Å². The number of nitrogens with two attached hydrogens (primary N) is 1. The molecule has 0 aliphatic heterocycles. The highest BCUT2D eigenvalue weighted by atomic mass is 19.1. The van der Waals surface area contributed by atoms with Gasteiger partial charge < -0.3 is 5.73 Å². The van der Waals surface area contributed by atoms with Gasteiger partial charge in [0.25, 0.3) is 0 Å². The summed E-state index contributed by atoms with van der Waals surface area (Å²) in [7, 11) is 0. The number of hydrogen-bond acceptors (Lipinski definition) is 1. The lowest BCUT2D eigenvalue weighted by Crippen LogP contribution is -2.45. The Morgan fingerprint density at radius 3 is 2.32 bits per heavy atom. The fourth-order valence-electron chi connectivity index (χ4n) is 3.18. The van der Waals surface area contributed by atoms with Crippen LogP contribution in [-0.4, -0.2) is 5.54 Å². The van der Waals surface area contributed by atoms with E-state index in [0.29, 0.717) is 6.42 Å². The topological polar surface area (TPSA) is 26.0 Å². The third kappa shape index (κ3) is 3.53. The van der Waals surface area contributed by atoms with Crippen molar-refractivity contribution in [3.8, 4) is 0 Å². The lowest BCUT2D eigenvalue weighted by molar-refractivity contribution is 0.220. The van der Waals surface area contributed by atoms with Crippen LogP contribution in [-0.2, 0) is 6.42 Å². The first kappa shape index (κ1) is 14.4. The van der Waals surface area contributed by atoms with Crippen molar-refractivity contribution >= 4 is 0 Å². The normalized spacial score (nSPS) is 27.5. The number of benzene rings is 1. The maximum Gasteiger partial charge on any atom is 0.129 e. The summed E-state index contributed by atoms with van der Waals surface area (Å²) in [5, 5.41) is 0. The third-order valence-corrected chi connectivity index (χ3v) is 4.39. The van der Waals surface area contributed by atoms with Gasteiger partial charge in [-0.2, -0.15) is 0 Å². The molecule has 2 N–H and O–H groups in total. The average molecular weight is 267 g/mol. The molecule has 1 saturated carbocycles. The second-order valence-electron chi connectivity index (χ2n) is 5.97. The first-order valence-corrected chi connectivity index (χ1v) is 7.26. The molecular formula is C16H23F2N. The number of rotatable bonds is 4. The van der Waals surface area contributed by atoms with Gasteiger partial charge >= 0.3 is 0 Å². The molecule has 0 heterocycles. The predicted molar refractivity (Wildman–Crippen MR) is 73.8 cm³/mol. The van der Waals surface area contributed by atoms with E-state index in [2.05, 4.69) is 6.92 Å². The summed E-state index contributed by atoms with van der Waals surface area (Å²) in [4.78, 5) is 0.